The zero-order chi connectivity index (χ0) is 15.5. The van der Waals surface area contributed by atoms with Crippen molar-refractivity contribution >= 4 is 11.7 Å². The van der Waals surface area contributed by atoms with Crippen molar-refractivity contribution < 1.29 is 10.0 Å². The second kappa shape index (κ2) is 6.16. The van der Waals surface area contributed by atoms with E-state index in [1.165, 1.54) is 0 Å². The van der Waals surface area contributed by atoms with Crippen molar-refractivity contribution in [3.05, 3.63) is 35.9 Å². The predicted octanol–water partition coefficient (Wildman–Crippen LogP) is 2.09. The van der Waals surface area contributed by atoms with Gasteiger partial charge >= 0.3 is 0 Å². The summed E-state index contributed by atoms with van der Waals surface area (Å²) in [6, 6.07) is 10.0. The van der Waals surface area contributed by atoms with Crippen LogP contribution in [0, 0.1) is 0 Å². The molecule has 0 aromatic heterocycles. The molecule has 0 heterocycles. The molecule has 0 radical (unpaired) electrons. The molecule has 3 N–H and O–H groups in total. The third-order valence-electron chi connectivity index (χ3n) is 4.11. The number of benzene rings is 1. The Labute approximate surface area is 125 Å². The summed E-state index contributed by atoms with van der Waals surface area (Å²) in [5, 5.41) is 11.6. The molecule has 1 amide bonds. The Bertz CT molecular complexity index is 522. The lowest BCUT2D eigenvalue weighted by Gasteiger charge is -2.31. The lowest BCUT2D eigenvalue weighted by molar-refractivity contribution is -0.135. The van der Waals surface area contributed by atoms with Gasteiger partial charge in [0.15, 0.2) is 0 Å². The number of carbonyl (C=O) groups is 1. The smallest absolute Gasteiger partial charge is 0.233 e. The molecule has 0 unspecified atom stereocenters. The fraction of sp³-hybridized carbons (Fsp3) is 0.500. The van der Waals surface area contributed by atoms with E-state index in [4.69, 9.17) is 10.9 Å². The summed E-state index contributed by atoms with van der Waals surface area (Å²) in [4.78, 5) is 14.8. The van der Waals surface area contributed by atoms with Gasteiger partial charge in [0, 0.05) is 19.0 Å². The SMILES string of the molecule is CC(C)N(CCC(N)=NO)C(=O)C1(c2ccccc2)CC1. The van der Waals surface area contributed by atoms with Gasteiger partial charge in [-0.3, -0.25) is 4.79 Å². The minimum Gasteiger partial charge on any atom is -0.409 e. The van der Waals surface area contributed by atoms with E-state index < -0.39 is 0 Å². The number of nitrogens with zero attached hydrogens (tertiary/aromatic N) is 2. The Morgan fingerprint density at radius 1 is 1.38 bits per heavy atom. The highest BCUT2D eigenvalue weighted by Gasteiger charge is 2.53. The minimum absolute atomic E-state index is 0.0881. The van der Waals surface area contributed by atoms with Gasteiger partial charge in [0.2, 0.25) is 5.91 Å². The Kier molecular flexibility index (Phi) is 4.50. The van der Waals surface area contributed by atoms with Crippen LogP contribution in [-0.2, 0) is 10.2 Å². The van der Waals surface area contributed by atoms with Crippen LogP contribution in [0.2, 0.25) is 0 Å². The number of hydrogen-bond acceptors (Lipinski definition) is 3. The maximum atomic E-state index is 13.0. The summed E-state index contributed by atoms with van der Waals surface area (Å²) in [7, 11) is 0. The maximum absolute atomic E-state index is 13.0. The number of amidine groups is 1. The summed E-state index contributed by atoms with van der Waals surface area (Å²) in [5.41, 5.74) is 6.24. The predicted molar refractivity (Wildman–Crippen MR) is 82.2 cm³/mol. The molecule has 2 rings (SSSR count). The highest BCUT2D eigenvalue weighted by molar-refractivity contribution is 5.92. The molecule has 5 heteroatoms. The summed E-state index contributed by atoms with van der Waals surface area (Å²) in [5.74, 6) is 0.299. The van der Waals surface area contributed by atoms with Crippen LogP contribution in [0.1, 0.15) is 38.7 Å². The molecule has 1 aromatic carbocycles. The van der Waals surface area contributed by atoms with Crippen molar-refractivity contribution in [3.63, 3.8) is 0 Å². The molecule has 1 saturated carbocycles. The van der Waals surface area contributed by atoms with Crippen LogP contribution in [0.3, 0.4) is 0 Å². The fourth-order valence-electron chi connectivity index (χ4n) is 2.66. The van der Waals surface area contributed by atoms with Crippen molar-refractivity contribution in [1.29, 1.82) is 0 Å². The lowest BCUT2D eigenvalue weighted by atomic mass is 9.93. The minimum atomic E-state index is -0.364. The van der Waals surface area contributed by atoms with E-state index in [-0.39, 0.29) is 23.2 Å². The molecule has 0 atom stereocenters. The molecule has 1 aromatic rings. The zero-order valence-electron chi connectivity index (χ0n) is 12.6. The average molecular weight is 289 g/mol. The molecule has 114 valence electrons. The van der Waals surface area contributed by atoms with Crippen LogP contribution in [0.4, 0.5) is 0 Å². The van der Waals surface area contributed by atoms with Crippen molar-refractivity contribution in [1.82, 2.24) is 4.90 Å². The number of nitrogens with two attached hydrogens (primary N) is 1. The second-order valence-electron chi connectivity index (χ2n) is 5.88. The van der Waals surface area contributed by atoms with Gasteiger partial charge in [-0.1, -0.05) is 35.5 Å². The maximum Gasteiger partial charge on any atom is 0.233 e. The van der Waals surface area contributed by atoms with Gasteiger partial charge in [-0.2, -0.15) is 0 Å². The van der Waals surface area contributed by atoms with Crippen molar-refractivity contribution in [2.24, 2.45) is 10.9 Å². The molecule has 1 fully saturated rings. The molecule has 0 aliphatic heterocycles. The Morgan fingerprint density at radius 2 is 2.00 bits per heavy atom. The molecule has 1 aliphatic carbocycles. The van der Waals surface area contributed by atoms with E-state index in [2.05, 4.69) is 5.16 Å². The van der Waals surface area contributed by atoms with E-state index in [0.717, 1.165) is 18.4 Å². The highest BCUT2D eigenvalue weighted by atomic mass is 16.4. The Morgan fingerprint density at radius 3 is 2.48 bits per heavy atom. The summed E-state index contributed by atoms with van der Waals surface area (Å²) < 4.78 is 0. The monoisotopic (exact) mass is 289 g/mol. The fourth-order valence-corrected chi connectivity index (χ4v) is 2.66. The van der Waals surface area contributed by atoms with Crippen LogP contribution in [0.15, 0.2) is 35.5 Å². The van der Waals surface area contributed by atoms with Crippen LogP contribution in [-0.4, -0.2) is 34.4 Å². The van der Waals surface area contributed by atoms with Crippen LogP contribution in [0.5, 0.6) is 0 Å². The van der Waals surface area contributed by atoms with Gasteiger partial charge in [-0.25, -0.2) is 0 Å². The molecule has 0 spiro atoms. The van der Waals surface area contributed by atoms with Gasteiger partial charge in [0.1, 0.15) is 5.84 Å². The molecule has 5 nitrogen and oxygen atoms in total. The van der Waals surface area contributed by atoms with Gasteiger partial charge in [-0.05, 0) is 32.3 Å². The topological polar surface area (TPSA) is 78.9 Å². The first kappa shape index (κ1) is 15.4. The first-order chi connectivity index (χ1) is 10.0. The molecule has 1 aliphatic rings. The van der Waals surface area contributed by atoms with E-state index in [9.17, 15) is 4.79 Å². The number of rotatable bonds is 6. The Hall–Kier alpha value is -2.04. The normalized spacial score (nSPS) is 16.8. The number of amides is 1. The molecule has 0 saturated heterocycles. The molecular weight excluding hydrogens is 266 g/mol. The zero-order valence-corrected chi connectivity index (χ0v) is 12.6. The van der Waals surface area contributed by atoms with E-state index in [1.54, 1.807) is 0 Å². The van der Waals surface area contributed by atoms with Gasteiger partial charge < -0.3 is 15.8 Å². The number of carbonyl (C=O) groups excluding carboxylic acids is 1. The highest BCUT2D eigenvalue weighted by Crippen LogP contribution is 2.49. The van der Waals surface area contributed by atoms with Gasteiger partial charge in [0.05, 0.1) is 5.41 Å². The second-order valence-corrected chi connectivity index (χ2v) is 5.88. The number of oxime groups is 1. The Balaban J connectivity index is 2.15. The summed E-state index contributed by atoms with van der Waals surface area (Å²) >= 11 is 0. The van der Waals surface area contributed by atoms with Crippen LogP contribution >= 0.6 is 0 Å². The van der Waals surface area contributed by atoms with Gasteiger partial charge in [0.25, 0.3) is 0 Å². The van der Waals surface area contributed by atoms with E-state index in [1.807, 2.05) is 49.1 Å². The van der Waals surface area contributed by atoms with Crippen LogP contribution in [0.25, 0.3) is 0 Å². The molecular formula is C16H23N3O2. The quantitative estimate of drug-likeness (QED) is 0.364. The molecule has 21 heavy (non-hydrogen) atoms. The van der Waals surface area contributed by atoms with Crippen molar-refractivity contribution in [3.8, 4) is 0 Å². The van der Waals surface area contributed by atoms with Crippen LogP contribution < -0.4 is 5.73 Å². The first-order valence-electron chi connectivity index (χ1n) is 7.34. The standard InChI is InChI=1S/C16H23N3O2/c1-12(2)19(11-8-14(17)18-21)15(20)16(9-10-16)13-6-4-3-5-7-13/h3-7,12,21H,8-11H2,1-2H3,(H2,17,18). The van der Waals surface area contributed by atoms with Gasteiger partial charge in [-0.15, -0.1) is 0 Å². The molecule has 0 bridgehead atoms. The van der Waals surface area contributed by atoms with Crippen molar-refractivity contribution in [2.75, 3.05) is 6.54 Å². The summed E-state index contributed by atoms with van der Waals surface area (Å²) in [6.45, 7) is 4.46. The van der Waals surface area contributed by atoms with E-state index in [0.29, 0.717) is 13.0 Å². The largest absolute Gasteiger partial charge is 0.409 e. The van der Waals surface area contributed by atoms with Crippen molar-refractivity contribution in [2.45, 2.75) is 44.6 Å². The third-order valence-corrected chi connectivity index (χ3v) is 4.11. The summed E-state index contributed by atoms with van der Waals surface area (Å²) in [6.07, 6.45) is 2.16. The average Bonchev–Trinajstić information content (AvgIpc) is 3.29. The first-order valence-corrected chi connectivity index (χ1v) is 7.34. The number of hydrogen-bond donors (Lipinski definition) is 2. The third kappa shape index (κ3) is 3.17. The lowest BCUT2D eigenvalue weighted by Crippen LogP contribution is -2.44. The van der Waals surface area contributed by atoms with E-state index >= 15 is 0 Å².